The van der Waals surface area contributed by atoms with Crippen molar-refractivity contribution in [3.05, 3.63) is 88.3 Å². The molecule has 152 valence electrons. The Bertz CT molecular complexity index is 979. The van der Waals surface area contributed by atoms with Gasteiger partial charge in [0.15, 0.2) is 0 Å². The Balaban J connectivity index is 0.000000188. The van der Waals surface area contributed by atoms with Crippen LogP contribution >= 0.6 is 23.5 Å². The van der Waals surface area contributed by atoms with Crippen molar-refractivity contribution in [3.63, 3.8) is 0 Å². The quantitative estimate of drug-likeness (QED) is 0.344. The molecule has 0 unspecified atom stereocenters. The Hall–Kier alpha value is -2.25. The third kappa shape index (κ3) is 6.37. The Kier molecular flexibility index (Phi) is 7.03. The lowest BCUT2D eigenvalue weighted by Gasteiger charge is -2.06. The summed E-state index contributed by atoms with van der Waals surface area (Å²) < 4.78 is 51.8. The van der Waals surface area contributed by atoms with Crippen LogP contribution in [0.2, 0.25) is 5.02 Å². The molecular formula is C21H17ClF4N2S. The third-order valence-corrected chi connectivity index (χ3v) is 5.25. The monoisotopic (exact) mass is 440 g/mol. The number of fused-ring (bicyclic) bond motifs is 1. The predicted molar refractivity (Wildman–Crippen MR) is 109 cm³/mol. The highest BCUT2D eigenvalue weighted by Gasteiger charge is 2.30. The van der Waals surface area contributed by atoms with Gasteiger partial charge in [-0.05, 0) is 78.7 Å². The lowest BCUT2D eigenvalue weighted by Crippen LogP contribution is -2.03. The van der Waals surface area contributed by atoms with E-state index in [0.29, 0.717) is 5.82 Å². The molecule has 0 atom stereocenters. The Morgan fingerprint density at radius 2 is 1.76 bits per heavy atom. The number of nitrogens with zero attached hydrogens (tertiary/aromatic N) is 1. The van der Waals surface area contributed by atoms with Gasteiger partial charge in [0.1, 0.15) is 11.6 Å². The number of anilines is 1. The van der Waals surface area contributed by atoms with Crippen molar-refractivity contribution >= 4 is 29.4 Å². The molecule has 0 spiro atoms. The number of halogens is 5. The minimum absolute atomic E-state index is 0.0971. The fourth-order valence-corrected chi connectivity index (χ4v) is 3.71. The topological polar surface area (TPSA) is 24.9 Å². The first-order valence-electron chi connectivity index (χ1n) is 8.80. The molecule has 1 aliphatic carbocycles. The highest BCUT2D eigenvalue weighted by Crippen LogP contribution is 2.30. The normalized spacial score (nSPS) is 12.7. The summed E-state index contributed by atoms with van der Waals surface area (Å²) in [5.41, 5.74) is 2.18. The molecule has 1 aliphatic rings. The molecule has 0 amide bonds. The number of rotatable bonds is 3. The first-order chi connectivity index (χ1) is 13.8. The van der Waals surface area contributed by atoms with Crippen LogP contribution in [0.25, 0.3) is 0 Å². The van der Waals surface area contributed by atoms with Crippen LogP contribution < -0.4 is 4.72 Å². The van der Waals surface area contributed by atoms with Crippen LogP contribution in [0.1, 0.15) is 23.1 Å². The molecule has 1 N–H and O–H groups in total. The summed E-state index contributed by atoms with van der Waals surface area (Å²) in [6.45, 7) is 0. The molecule has 0 aliphatic heterocycles. The number of aromatic nitrogens is 1. The van der Waals surface area contributed by atoms with Crippen LogP contribution in [0.3, 0.4) is 0 Å². The number of hydrogen-bond acceptors (Lipinski definition) is 3. The average Bonchev–Trinajstić information content (AvgIpc) is 3.14. The number of pyridine rings is 1. The number of hydrogen-bond donors (Lipinski definition) is 1. The maximum absolute atomic E-state index is 13.0. The largest absolute Gasteiger partial charge is 0.416 e. The molecule has 4 rings (SSSR count). The zero-order valence-electron chi connectivity index (χ0n) is 15.1. The summed E-state index contributed by atoms with van der Waals surface area (Å²) in [6, 6.07) is 13.8. The molecule has 0 bridgehead atoms. The summed E-state index contributed by atoms with van der Waals surface area (Å²) in [4.78, 5) is 5.20. The summed E-state index contributed by atoms with van der Waals surface area (Å²) >= 11 is 6.82. The van der Waals surface area contributed by atoms with Gasteiger partial charge >= 0.3 is 6.18 Å². The van der Waals surface area contributed by atoms with Gasteiger partial charge in [-0.1, -0.05) is 23.7 Å². The minimum atomic E-state index is -4.30. The van der Waals surface area contributed by atoms with Crippen molar-refractivity contribution in [2.45, 2.75) is 30.3 Å². The maximum atomic E-state index is 13.0. The van der Waals surface area contributed by atoms with Crippen molar-refractivity contribution in [2.75, 3.05) is 4.72 Å². The lowest BCUT2D eigenvalue weighted by atomic mass is 10.1. The predicted octanol–water partition coefficient (Wildman–Crippen LogP) is 7.19. The SMILES string of the molecule is FC(F)(F)c1cccc(Cl)c1.Fc1ccnc(NSc2ccc3c(c2)CCC3)c1. The molecule has 29 heavy (non-hydrogen) atoms. The molecular weight excluding hydrogens is 424 g/mol. The molecule has 0 saturated heterocycles. The number of alkyl halides is 3. The molecule has 0 radical (unpaired) electrons. The zero-order chi connectivity index (χ0) is 20.9. The van der Waals surface area contributed by atoms with Gasteiger partial charge in [0.05, 0.1) is 5.56 Å². The second-order valence-corrected chi connectivity index (χ2v) is 7.67. The summed E-state index contributed by atoms with van der Waals surface area (Å²) in [5, 5.41) is 0.0971. The van der Waals surface area contributed by atoms with E-state index in [4.69, 9.17) is 11.6 Å². The summed E-state index contributed by atoms with van der Waals surface area (Å²) in [5.74, 6) is 0.266. The molecule has 0 saturated carbocycles. The lowest BCUT2D eigenvalue weighted by molar-refractivity contribution is -0.137. The maximum Gasteiger partial charge on any atom is 0.416 e. The van der Waals surface area contributed by atoms with Gasteiger partial charge in [-0.25, -0.2) is 9.37 Å². The molecule has 2 aromatic carbocycles. The molecule has 1 heterocycles. The van der Waals surface area contributed by atoms with E-state index in [0.717, 1.165) is 17.0 Å². The molecule has 3 aromatic rings. The average molecular weight is 441 g/mol. The third-order valence-electron chi connectivity index (χ3n) is 4.22. The van der Waals surface area contributed by atoms with E-state index in [-0.39, 0.29) is 10.8 Å². The standard InChI is InChI=1S/C14H13FN2S.C7H4ClF3/c15-12-6-7-16-14(9-12)17-18-13-5-4-10-2-1-3-11(10)8-13;8-6-3-1-2-5(4-6)7(9,10)11/h4-9H,1-3H2,(H,16,17);1-4H. The van der Waals surface area contributed by atoms with Gasteiger partial charge in [-0.15, -0.1) is 0 Å². The van der Waals surface area contributed by atoms with E-state index in [1.807, 2.05) is 0 Å². The molecule has 2 nitrogen and oxygen atoms in total. The van der Waals surface area contributed by atoms with Crippen LogP contribution in [-0.2, 0) is 19.0 Å². The number of nitrogens with one attached hydrogen (secondary N) is 1. The zero-order valence-corrected chi connectivity index (χ0v) is 16.7. The first kappa shape index (κ1) is 21.5. The van der Waals surface area contributed by atoms with Crippen LogP contribution in [-0.4, -0.2) is 4.98 Å². The molecule has 8 heteroatoms. The van der Waals surface area contributed by atoms with Crippen molar-refractivity contribution in [1.29, 1.82) is 0 Å². The Morgan fingerprint density at radius 3 is 2.45 bits per heavy atom. The van der Waals surface area contributed by atoms with E-state index < -0.39 is 11.7 Å². The van der Waals surface area contributed by atoms with Crippen molar-refractivity contribution in [3.8, 4) is 0 Å². The Labute approximate surface area is 175 Å². The first-order valence-corrected chi connectivity index (χ1v) is 10.00. The van der Waals surface area contributed by atoms with Crippen LogP contribution in [0.15, 0.2) is 65.7 Å². The van der Waals surface area contributed by atoms with Crippen molar-refractivity contribution < 1.29 is 17.6 Å². The van der Waals surface area contributed by atoms with Gasteiger partial charge in [0.2, 0.25) is 0 Å². The Morgan fingerprint density at radius 1 is 0.966 bits per heavy atom. The van der Waals surface area contributed by atoms with E-state index in [1.54, 1.807) is 0 Å². The summed E-state index contributed by atoms with van der Waals surface area (Å²) in [7, 11) is 0. The van der Waals surface area contributed by atoms with E-state index in [2.05, 4.69) is 27.9 Å². The van der Waals surface area contributed by atoms with Crippen LogP contribution in [0, 0.1) is 5.82 Å². The van der Waals surface area contributed by atoms with E-state index in [9.17, 15) is 17.6 Å². The smallest absolute Gasteiger partial charge is 0.310 e. The van der Waals surface area contributed by atoms with Gasteiger partial charge in [0.25, 0.3) is 0 Å². The van der Waals surface area contributed by atoms with Crippen molar-refractivity contribution in [1.82, 2.24) is 4.98 Å². The number of aryl methyl sites for hydroxylation is 2. The molecule has 1 aromatic heterocycles. The van der Waals surface area contributed by atoms with Crippen molar-refractivity contribution in [2.24, 2.45) is 0 Å². The summed E-state index contributed by atoms with van der Waals surface area (Å²) in [6.07, 6.45) is 0.773. The van der Waals surface area contributed by atoms with Gasteiger partial charge in [0, 0.05) is 22.2 Å². The van der Waals surface area contributed by atoms with Gasteiger partial charge in [-0.3, -0.25) is 0 Å². The second-order valence-electron chi connectivity index (χ2n) is 6.36. The van der Waals surface area contributed by atoms with E-state index >= 15 is 0 Å². The van der Waals surface area contributed by atoms with Crippen LogP contribution in [0.5, 0.6) is 0 Å². The van der Waals surface area contributed by atoms with Crippen LogP contribution in [0.4, 0.5) is 23.4 Å². The van der Waals surface area contributed by atoms with Gasteiger partial charge < -0.3 is 4.72 Å². The van der Waals surface area contributed by atoms with Gasteiger partial charge in [-0.2, -0.15) is 13.2 Å². The minimum Gasteiger partial charge on any atom is -0.310 e. The number of benzene rings is 2. The molecule has 0 fully saturated rings. The fraction of sp³-hybridized carbons (Fsp3) is 0.190. The second kappa shape index (κ2) is 9.50. The highest BCUT2D eigenvalue weighted by molar-refractivity contribution is 8.00. The van der Waals surface area contributed by atoms with E-state index in [1.165, 1.54) is 72.8 Å². The highest BCUT2D eigenvalue weighted by atomic mass is 35.5. The fourth-order valence-electron chi connectivity index (χ4n) is 2.85.